The zero-order valence-corrected chi connectivity index (χ0v) is 19.2. The van der Waals surface area contributed by atoms with Crippen molar-refractivity contribution in [2.75, 3.05) is 19.5 Å². The van der Waals surface area contributed by atoms with Gasteiger partial charge >= 0.3 is 0 Å². The summed E-state index contributed by atoms with van der Waals surface area (Å²) in [6, 6.07) is 39.2. The molecule has 1 heterocycles. The largest absolute Gasteiger partial charge is 0.497 e. The first-order chi connectivity index (χ1) is 16.8. The third-order valence-corrected chi connectivity index (χ3v) is 5.78. The molecular weight excluding hydrogens is 420 g/mol. The summed E-state index contributed by atoms with van der Waals surface area (Å²) in [6.07, 6.45) is 0. The van der Waals surface area contributed by atoms with E-state index in [1.165, 1.54) is 0 Å². The Kier molecular flexibility index (Phi) is 6.04. The van der Waals surface area contributed by atoms with Crippen molar-refractivity contribution < 1.29 is 9.47 Å². The van der Waals surface area contributed by atoms with Gasteiger partial charge in [0.1, 0.15) is 11.5 Å². The van der Waals surface area contributed by atoms with Gasteiger partial charge in [0.15, 0.2) is 0 Å². The summed E-state index contributed by atoms with van der Waals surface area (Å²) in [5, 5.41) is 3.64. The van der Waals surface area contributed by atoms with E-state index in [0.717, 1.165) is 51.1 Å². The van der Waals surface area contributed by atoms with Crippen LogP contribution in [0.25, 0.3) is 28.2 Å². The van der Waals surface area contributed by atoms with Crippen LogP contribution in [0.3, 0.4) is 0 Å². The maximum atomic E-state index is 5.55. The Morgan fingerprint density at radius 2 is 1.21 bits per heavy atom. The molecular formula is C30H26N2O2. The van der Waals surface area contributed by atoms with Crippen molar-refractivity contribution in [3.8, 4) is 39.7 Å². The molecule has 4 aromatic carbocycles. The Balaban J connectivity index is 1.78. The lowest BCUT2D eigenvalue weighted by Crippen LogP contribution is -2.01. The fraction of sp³-hybridized carbons (Fsp3) is 0.0667. The van der Waals surface area contributed by atoms with E-state index in [4.69, 9.17) is 9.47 Å². The molecule has 0 fully saturated rings. The Bertz CT molecular complexity index is 1390. The van der Waals surface area contributed by atoms with Gasteiger partial charge in [-0.3, -0.25) is 0 Å². The molecule has 1 aromatic heterocycles. The van der Waals surface area contributed by atoms with E-state index in [9.17, 15) is 0 Å². The summed E-state index contributed by atoms with van der Waals surface area (Å²) in [7, 11) is 3.38. The molecule has 0 atom stereocenters. The Morgan fingerprint density at radius 3 is 1.88 bits per heavy atom. The van der Waals surface area contributed by atoms with Crippen LogP contribution in [0.5, 0.6) is 11.5 Å². The van der Waals surface area contributed by atoms with Crippen molar-refractivity contribution in [1.29, 1.82) is 0 Å². The fourth-order valence-corrected chi connectivity index (χ4v) is 4.18. The van der Waals surface area contributed by atoms with Crippen LogP contribution < -0.4 is 14.8 Å². The highest BCUT2D eigenvalue weighted by Gasteiger charge is 2.20. The fourth-order valence-electron chi connectivity index (χ4n) is 4.18. The molecule has 0 aliphatic carbocycles. The third-order valence-electron chi connectivity index (χ3n) is 5.78. The van der Waals surface area contributed by atoms with Crippen LogP contribution in [0.4, 0.5) is 11.4 Å². The molecule has 0 aliphatic rings. The molecule has 168 valence electrons. The van der Waals surface area contributed by atoms with E-state index in [1.54, 1.807) is 14.2 Å². The average Bonchev–Trinajstić information content (AvgIpc) is 3.29. The summed E-state index contributed by atoms with van der Waals surface area (Å²) in [5.41, 5.74) is 7.36. The predicted octanol–water partition coefficient (Wildman–Crippen LogP) is 7.57. The Labute approximate surface area is 200 Å². The SMILES string of the molecule is COc1cccc(Nc2cc(-c3ccccc3)n(-c3cccc(OC)c3)c2-c2ccccc2)c1. The zero-order valence-electron chi connectivity index (χ0n) is 19.2. The molecule has 5 rings (SSSR count). The van der Waals surface area contributed by atoms with E-state index in [0.29, 0.717) is 0 Å². The lowest BCUT2D eigenvalue weighted by atomic mass is 10.1. The summed E-state index contributed by atoms with van der Waals surface area (Å²) < 4.78 is 13.3. The van der Waals surface area contributed by atoms with E-state index >= 15 is 0 Å². The van der Waals surface area contributed by atoms with Crippen molar-refractivity contribution in [1.82, 2.24) is 4.57 Å². The number of hydrogen-bond acceptors (Lipinski definition) is 3. The minimum atomic E-state index is 0.807. The lowest BCUT2D eigenvalue weighted by molar-refractivity contribution is 0.414. The lowest BCUT2D eigenvalue weighted by Gasteiger charge is -2.16. The maximum Gasteiger partial charge on any atom is 0.120 e. The molecule has 0 saturated carbocycles. The highest BCUT2D eigenvalue weighted by atomic mass is 16.5. The number of ether oxygens (including phenoxy) is 2. The number of nitrogens with zero attached hydrogens (tertiary/aromatic N) is 1. The van der Waals surface area contributed by atoms with Crippen molar-refractivity contribution in [3.05, 3.63) is 115 Å². The van der Waals surface area contributed by atoms with Crippen LogP contribution in [0.2, 0.25) is 0 Å². The van der Waals surface area contributed by atoms with Crippen LogP contribution in [0.1, 0.15) is 0 Å². The number of hydrogen-bond donors (Lipinski definition) is 1. The van der Waals surface area contributed by atoms with Crippen LogP contribution in [-0.4, -0.2) is 18.8 Å². The standard InChI is InChI=1S/C30H26N2O2/c1-33-26-17-9-15-24(19-26)31-28-21-29(22-11-5-3-6-12-22)32(25-16-10-18-27(20-25)34-2)30(28)23-13-7-4-8-14-23/h3-21,31H,1-2H3. The summed E-state index contributed by atoms with van der Waals surface area (Å²) in [6.45, 7) is 0. The van der Waals surface area contributed by atoms with Gasteiger partial charge in [-0.25, -0.2) is 0 Å². The molecule has 0 amide bonds. The first-order valence-electron chi connectivity index (χ1n) is 11.2. The summed E-state index contributed by atoms with van der Waals surface area (Å²) in [4.78, 5) is 0. The minimum absolute atomic E-state index is 0.807. The molecule has 0 saturated heterocycles. The highest BCUT2D eigenvalue weighted by molar-refractivity contribution is 5.87. The molecule has 0 aliphatic heterocycles. The van der Waals surface area contributed by atoms with Crippen molar-refractivity contribution >= 4 is 11.4 Å². The van der Waals surface area contributed by atoms with Gasteiger partial charge in [0.2, 0.25) is 0 Å². The van der Waals surface area contributed by atoms with Crippen LogP contribution >= 0.6 is 0 Å². The number of aromatic nitrogens is 1. The molecule has 5 aromatic rings. The normalized spacial score (nSPS) is 10.6. The molecule has 0 unspecified atom stereocenters. The van der Waals surface area contributed by atoms with Crippen molar-refractivity contribution in [2.24, 2.45) is 0 Å². The molecule has 1 N–H and O–H groups in total. The number of methoxy groups -OCH3 is 2. The van der Waals surface area contributed by atoms with E-state index in [1.807, 2.05) is 48.5 Å². The van der Waals surface area contributed by atoms with Gasteiger partial charge in [0.25, 0.3) is 0 Å². The number of anilines is 2. The Hall–Kier alpha value is -4.44. The van der Waals surface area contributed by atoms with Gasteiger partial charge in [-0.1, -0.05) is 72.8 Å². The number of benzene rings is 4. The first-order valence-corrected chi connectivity index (χ1v) is 11.2. The smallest absolute Gasteiger partial charge is 0.120 e. The van der Waals surface area contributed by atoms with Crippen molar-refractivity contribution in [3.63, 3.8) is 0 Å². The van der Waals surface area contributed by atoms with Gasteiger partial charge in [-0.05, 0) is 35.9 Å². The quantitative estimate of drug-likeness (QED) is 0.280. The molecule has 34 heavy (non-hydrogen) atoms. The van der Waals surface area contributed by atoms with E-state index < -0.39 is 0 Å². The predicted molar refractivity (Wildman–Crippen MR) is 139 cm³/mol. The van der Waals surface area contributed by atoms with Crippen LogP contribution in [-0.2, 0) is 0 Å². The van der Waals surface area contributed by atoms with Gasteiger partial charge in [0.05, 0.1) is 31.3 Å². The van der Waals surface area contributed by atoms with Gasteiger partial charge in [-0.15, -0.1) is 0 Å². The highest BCUT2D eigenvalue weighted by Crippen LogP contribution is 2.41. The molecule has 0 radical (unpaired) electrons. The van der Waals surface area contributed by atoms with Gasteiger partial charge in [0, 0.05) is 29.1 Å². The monoisotopic (exact) mass is 446 g/mol. The van der Waals surface area contributed by atoms with Crippen LogP contribution in [0, 0.1) is 0 Å². The maximum absolute atomic E-state index is 5.55. The van der Waals surface area contributed by atoms with E-state index in [-0.39, 0.29) is 0 Å². The van der Waals surface area contributed by atoms with E-state index in [2.05, 4.69) is 76.6 Å². The van der Waals surface area contributed by atoms with Gasteiger partial charge in [-0.2, -0.15) is 0 Å². The molecule has 0 spiro atoms. The third kappa shape index (κ3) is 4.26. The Morgan fingerprint density at radius 1 is 0.588 bits per heavy atom. The second-order valence-electron chi connectivity index (χ2n) is 7.92. The first kappa shape index (κ1) is 21.4. The minimum Gasteiger partial charge on any atom is -0.497 e. The molecule has 4 nitrogen and oxygen atoms in total. The molecule has 0 bridgehead atoms. The van der Waals surface area contributed by atoms with Crippen LogP contribution in [0.15, 0.2) is 115 Å². The number of rotatable bonds is 7. The topological polar surface area (TPSA) is 35.4 Å². The summed E-state index contributed by atoms with van der Waals surface area (Å²) in [5.74, 6) is 1.62. The van der Waals surface area contributed by atoms with Gasteiger partial charge < -0.3 is 19.4 Å². The zero-order chi connectivity index (χ0) is 23.3. The number of nitrogens with one attached hydrogen (secondary N) is 1. The molecule has 4 heteroatoms. The average molecular weight is 447 g/mol. The van der Waals surface area contributed by atoms with Crippen molar-refractivity contribution in [2.45, 2.75) is 0 Å². The second kappa shape index (κ2) is 9.59. The second-order valence-corrected chi connectivity index (χ2v) is 7.92. The summed E-state index contributed by atoms with van der Waals surface area (Å²) >= 11 is 0.